The molecule has 0 bridgehead atoms. The zero-order valence-corrected chi connectivity index (χ0v) is 15.0. The Hall–Kier alpha value is -2.09. The van der Waals surface area contributed by atoms with E-state index in [0.29, 0.717) is 13.1 Å². The minimum atomic E-state index is -4.49. The number of benzene rings is 1. The third-order valence-electron chi connectivity index (χ3n) is 4.45. The van der Waals surface area contributed by atoms with Crippen LogP contribution < -0.4 is 5.32 Å². The first-order chi connectivity index (χ1) is 12.2. The number of hydrogen-bond acceptors (Lipinski definition) is 3. The molecule has 0 radical (unpaired) electrons. The van der Waals surface area contributed by atoms with E-state index in [9.17, 15) is 22.8 Å². The third-order valence-corrected chi connectivity index (χ3v) is 4.45. The van der Waals surface area contributed by atoms with Gasteiger partial charge in [-0.2, -0.15) is 13.2 Å². The Labute approximate surface area is 151 Å². The first-order valence-electron chi connectivity index (χ1n) is 8.65. The predicted octanol–water partition coefficient (Wildman–Crippen LogP) is 2.59. The van der Waals surface area contributed by atoms with E-state index in [0.717, 1.165) is 23.2 Å². The molecule has 1 N–H and O–H groups in total. The van der Waals surface area contributed by atoms with E-state index in [-0.39, 0.29) is 25.5 Å². The minimum Gasteiger partial charge on any atom is -0.340 e. The van der Waals surface area contributed by atoms with Crippen LogP contribution in [0, 0.1) is 6.92 Å². The molecule has 0 unspecified atom stereocenters. The lowest BCUT2D eigenvalue weighted by atomic mass is 10.1. The van der Waals surface area contributed by atoms with Crippen molar-refractivity contribution in [3.63, 3.8) is 0 Å². The van der Waals surface area contributed by atoms with Gasteiger partial charge in [0.25, 0.3) is 0 Å². The number of amides is 2. The monoisotopic (exact) mass is 371 g/mol. The van der Waals surface area contributed by atoms with Crippen molar-refractivity contribution in [2.24, 2.45) is 0 Å². The van der Waals surface area contributed by atoms with E-state index in [2.05, 4.69) is 5.32 Å². The number of rotatable bonds is 5. The molecule has 1 aromatic rings. The summed E-state index contributed by atoms with van der Waals surface area (Å²) in [7, 11) is 0. The molecule has 26 heavy (non-hydrogen) atoms. The summed E-state index contributed by atoms with van der Waals surface area (Å²) in [6.07, 6.45) is -5.11. The highest BCUT2D eigenvalue weighted by Crippen LogP contribution is 2.22. The Morgan fingerprint density at radius 3 is 2.38 bits per heavy atom. The summed E-state index contributed by atoms with van der Waals surface area (Å²) in [5, 5.41) is 2.93. The molecule has 2 rings (SSSR count). The highest BCUT2D eigenvalue weighted by Gasteiger charge is 2.34. The molecule has 0 saturated carbocycles. The lowest BCUT2D eigenvalue weighted by Crippen LogP contribution is -2.51. The fraction of sp³-hybridized carbons (Fsp3) is 0.556. The number of para-hydroxylation sites is 1. The predicted molar refractivity (Wildman–Crippen MR) is 92.9 cm³/mol. The summed E-state index contributed by atoms with van der Waals surface area (Å²) in [6, 6.07) is 5.84. The molecule has 1 fully saturated rings. The zero-order valence-electron chi connectivity index (χ0n) is 15.0. The topological polar surface area (TPSA) is 52.7 Å². The SMILES string of the molecule is CCc1cccc(C)c1NC(=O)CN1CCN(C(=O)CC(F)(F)F)CC1. The van der Waals surface area contributed by atoms with Crippen LogP contribution in [-0.2, 0) is 16.0 Å². The number of anilines is 1. The van der Waals surface area contributed by atoms with Gasteiger partial charge in [-0.05, 0) is 24.5 Å². The average Bonchev–Trinajstić information content (AvgIpc) is 2.55. The molecule has 0 aromatic heterocycles. The average molecular weight is 371 g/mol. The summed E-state index contributed by atoms with van der Waals surface area (Å²) in [5.41, 5.74) is 2.86. The summed E-state index contributed by atoms with van der Waals surface area (Å²) in [4.78, 5) is 27.0. The number of nitrogens with one attached hydrogen (secondary N) is 1. The summed E-state index contributed by atoms with van der Waals surface area (Å²) in [6.45, 7) is 5.26. The van der Waals surface area contributed by atoms with Crippen molar-refractivity contribution >= 4 is 17.5 Å². The number of halogens is 3. The number of aryl methyl sites for hydroxylation is 2. The van der Waals surface area contributed by atoms with Crippen molar-refractivity contribution in [3.05, 3.63) is 29.3 Å². The van der Waals surface area contributed by atoms with E-state index in [4.69, 9.17) is 0 Å². The smallest absolute Gasteiger partial charge is 0.340 e. The summed E-state index contributed by atoms with van der Waals surface area (Å²) < 4.78 is 36.9. The fourth-order valence-corrected chi connectivity index (χ4v) is 3.02. The van der Waals surface area contributed by atoms with Crippen molar-refractivity contribution in [1.82, 2.24) is 9.80 Å². The van der Waals surface area contributed by atoms with E-state index in [1.54, 1.807) is 0 Å². The number of carbonyl (C=O) groups excluding carboxylic acids is 2. The van der Waals surface area contributed by atoms with Gasteiger partial charge >= 0.3 is 6.18 Å². The molecular weight excluding hydrogens is 347 g/mol. The molecule has 1 aliphatic heterocycles. The molecule has 0 atom stereocenters. The van der Waals surface area contributed by atoms with Gasteiger partial charge in [-0.1, -0.05) is 25.1 Å². The number of alkyl halides is 3. The molecule has 2 amide bonds. The number of hydrogen-bond donors (Lipinski definition) is 1. The number of carbonyl (C=O) groups is 2. The lowest BCUT2D eigenvalue weighted by molar-refractivity contribution is -0.162. The molecule has 0 spiro atoms. The highest BCUT2D eigenvalue weighted by molar-refractivity contribution is 5.93. The Morgan fingerprint density at radius 2 is 1.81 bits per heavy atom. The van der Waals surface area contributed by atoms with Crippen LogP contribution in [0.1, 0.15) is 24.5 Å². The minimum absolute atomic E-state index is 0.152. The zero-order chi connectivity index (χ0) is 19.3. The Morgan fingerprint density at radius 1 is 1.15 bits per heavy atom. The second kappa shape index (κ2) is 8.53. The standard InChI is InChI=1S/C18H24F3N3O2/c1-3-14-6-4-5-13(2)17(14)22-15(25)12-23-7-9-24(10-8-23)16(26)11-18(19,20)21/h4-6H,3,7-12H2,1-2H3,(H,22,25). The maximum absolute atomic E-state index is 12.3. The molecule has 1 aromatic carbocycles. The second-order valence-corrected chi connectivity index (χ2v) is 6.46. The van der Waals surface area contributed by atoms with Crippen molar-refractivity contribution in [2.75, 3.05) is 38.0 Å². The molecule has 5 nitrogen and oxygen atoms in total. The third kappa shape index (κ3) is 5.72. The van der Waals surface area contributed by atoms with Gasteiger partial charge in [-0.15, -0.1) is 0 Å². The number of nitrogens with zero attached hydrogens (tertiary/aromatic N) is 2. The van der Waals surface area contributed by atoms with Gasteiger partial charge in [0.05, 0.1) is 6.54 Å². The van der Waals surface area contributed by atoms with Crippen LogP contribution >= 0.6 is 0 Å². The van der Waals surface area contributed by atoms with Gasteiger partial charge in [-0.25, -0.2) is 0 Å². The van der Waals surface area contributed by atoms with E-state index < -0.39 is 18.5 Å². The first-order valence-corrected chi connectivity index (χ1v) is 8.65. The molecule has 0 aliphatic carbocycles. The van der Waals surface area contributed by atoms with Crippen molar-refractivity contribution in [3.8, 4) is 0 Å². The van der Waals surface area contributed by atoms with Gasteiger partial charge in [0.2, 0.25) is 11.8 Å². The number of piperazine rings is 1. The van der Waals surface area contributed by atoms with Gasteiger partial charge in [0.15, 0.2) is 0 Å². The van der Waals surface area contributed by atoms with Crippen LogP contribution in [-0.4, -0.2) is 60.5 Å². The van der Waals surface area contributed by atoms with Crippen molar-refractivity contribution in [1.29, 1.82) is 0 Å². The Bertz CT molecular complexity index is 654. The van der Waals surface area contributed by atoms with Gasteiger partial charge in [-0.3, -0.25) is 14.5 Å². The molecule has 1 heterocycles. The van der Waals surface area contributed by atoms with Crippen LogP contribution in [0.15, 0.2) is 18.2 Å². The van der Waals surface area contributed by atoms with Crippen LogP contribution in [0.25, 0.3) is 0 Å². The molecule has 1 aliphatic rings. The maximum Gasteiger partial charge on any atom is 0.397 e. The van der Waals surface area contributed by atoms with Gasteiger partial charge in [0, 0.05) is 31.9 Å². The van der Waals surface area contributed by atoms with Gasteiger partial charge in [0.1, 0.15) is 6.42 Å². The summed E-state index contributed by atoms with van der Waals surface area (Å²) >= 11 is 0. The lowest BCUT2D eigenvalue weighted by Gasteiger charge is -2.34. The molecule has 8 heteroatoms. The summed E-state index contributed by atoms with van der Waals surface area (Å²) in [5.74, 6) is -1.07. The van der Waals surface area contributed by atoms with E-state index in [1.165, 1.54) is 4.90 Å². The second-order valence-electron chi connectivity index (χ2n) is 6.46. The van der Waals surface area contributed by atoms with Crippen LogP contribution in [0.5, 0.6) is 0 Å². The quantitative estimate of drug-likeness (QED) is 0.866. The first kappa shape index (κ1) is 20.2. The van der Waals surface area contributed by atoms with Crippen LogP contribution in [0.3, 0.4) is 0 Å². The molecular formula is C18H24F3N3O2. The largest absolute Gasteiger partial charge is 0.397 e. The fourth-order valence-electron chi connectivity index (χ4n) is 3.02. The van der Waals surface area contributed by atoms with Crippen LogP contribution in [0.2, 0.25) is 0 Å². The molecule has 1 saturated heterocycles. The van der Waals surface area contributed by atoms with E-state index >= 15 is 0 Å². The van der Waals surface area contributed by atoms with Crippen molar-refractivity contribution < 1.29 is 22.8 Å². The van der Waals surface area contributed by atoms with Gasteiger partial charge < -0.3 is 10.2 Å². The van der Waals surface area contributed by atoms with E-state index in [1.807, 2.05) is 36.9 Å². The maximum atomic E-state index is 12.3. The van der Waals surface area contributed by atoms with Crippen LogP contribution in [0.4, 0.5) is 18.9 Å². The van der Waals surface area contributed by atoms with Crippen molar-refractivity contribution in [2.45, 2.75) is 32.9 Å². The normalized spacial score (nSPS) is 15.8. The Kier molecular flexibility index (Phi) is 6.63. The highest BCUT2D eigenvalue weighted by atomic mass is 19.4. The Balaban J connectivity index is 1.84. The molecule has 144 valence electrons.